The average Bonchev–Trinajstić information content (AvgIpc) is 2.47. The van der Waals surface area contributed by atoms with Gasteiger partial charge < -0.3 is 10.1 Å². The van der Waals surface area contributed by atoms with E-state index in [0.29, 0.717) is 13.1 Å². The Hall–Kier alpha value is -0.700. The largest absolute Gasteiger partial charge is 0.379 e. The van der Waals surface area contributed by atoms with Crippen molar-refractivity contribution >= 4 is 15.9 Å². The van der Waals surface area contributed by atoms with E-state index in [1.54, 1.807) is 0 Å². The molecule has 1 N–H and O–H groups in total. The van der Waals surface area contributed by atoms with Crippen molar-refractivity contribution in [3.05, 3.63) is 0 Å². The van der Waals surface area contributed by atoms with Gasteiger partial charge >= 0.3 is 0 Å². The highest BCUT2D eigenvalue weighted by atomic mass is 32.2. The van der Waals surface area contributed by atoms with E-state index in [4.69, 9.17) is 4.74 Å². The minimum absolute atomic E-state index is 0.0987. The molecule has 0 aromatic rings. The molecule has 1 saturated heterocycles. The molecule has 0 spiro atoms. The van der Waals surface area contributed by atoms with Crippen LogP contribution in [0.5, 0.6) is 0 Å². The molecule has 1 rings (SSSR count). The summed E-state index contributed by atoms with van der Waals surface area (Å²) in [6, 6.07) is 0. The molecule has 22 heavy (non-hydrogen) atoms. The number of hydrogen-bond acceptors (Lipinski definition) is 5. The lowest BCUT2D eigenvalue weighted by Crippen LogP contribution is -2.42. The number of nitrogens with zero attached hydrogens (tertiary/aromatic N) is 2. The number of unbranched alkanes of at least 4 members (excludes halogenated alkanes) is 1. The highest BCUT2D eigenvalue weighted by Crippen LogP contribution is 2.03. The number of nitrogens with one attached hydrogen (secondary N) is 1. The minimum atomic E-state index is -3.24. The van der Waals surface area contributed by atoms with Crippen LogP contribution >= 0.6 is 0 Å². The fourth-order valence-corrected chi connectivity index (χ4v) is 3.15. The third kappa shape index (κ3) is 8.07. The van der Waals surface area contributed by atoms with Crippen LogP contribution in [0.2, 0.25) is 0 Å². The van der Waals surface area contributed by atoms with Crippen molar-refractivity contribution in [3.63, 3.8) is 0 Å². The summed E-state index contributed by atoms with van der Waals surface area (Å²) in [7, 11) is -3.24. The summed E-state index contributed by atoms with van der Waals surface area (Å²) in [5, 5.41) is 2.85. The fourth-order valence-electron chi connectivity index (χ4n) is 2.27. The molecule has 1 heterocycles. The predicted octanol–water partition coefficient (Wildman–Crippen LogP) is -0.113. The van der Waals surface area contributed by atoms with Gasteiger partial charge in [-0.3, -0.25) is 9.69 Å². The molecule has 1 fully saturated rings. The number of morpholine rings is 1. The molecule has 0 saturated carbocycles. The summed E-state index contributed by atoms with van der Waals surface area (Å²) in [4.78, 5) is 14.1. The van der Waals surface area contributed by atoms with Crippen molar-refractivity contribution in [2.75, 3.05) is 58.7 Å². The number of amides is 1. The molecular formula is C14H29N3O4S. The van der Waals surface area contributed by atoms with Crippen molar-refractivity contribution in [3.8, 4) is 0 Å². The molecule has 130 valence electrons. The van der Waals surface area contributed by atoms with E-state index in [1.165, 1.54) is 10.6 Å². The van der Waals surface area contributed by atoms with E-state index >= 15 is 0 Å². The number of ether oxygens (including phenoxy) is 1. The zero-order valence-electron chi connectivity index (χ0n) is 13.7. The van der Waals surface area contributed by atoms with E-state index in [2.05, 4.69) is 10.2 Å². The van der Waals surface area contributed by atoms with Crippen molar-refractivity contribution in [1.82, 2.24) is 14.5 Å². The van der Waals surface area contributed by atoms with E-state index in [0.717, 1.165) is 45.7 Å². The maximum absolute atomic E-state index is 11.8. The maximum atomic E-state index is 11.8. The monoisotopic (exact) mass is 335 g/mol. The normalized spacial score (nSPS) is 16.9. The molecule has 0 aromatic heterocycles. The minimum Gasteiger partial charge on any atom is -0.379 e. The van der Waals surface area contributed by atoms with Gasteiger partial charge in [0.15, 0.2) is 0 Å². The first-order valence-electron chi connectivity index (χ1n) is 7.95. The zero-order valence-corrected chi connectivity index (χ0v) is 14.5. The summed E-state index contributed by atoms with van der Waals surface area (Å²) in [5.41, 5.74) is 0. The van der Waals surface area contributed by atoms with Gasteiger partial charge in [-0.2, -0.15) is 0 Å². The lowest BCUT2D eigenvalue weighted by molar-refractivity contribution is -0.121. The van der Waals surface area contributed by atoms with E-state index < -0.39 is 10.0 Å². The van der Waals surface area contributed by atoms with Gasteiger partial charge in [0.1, 0.15) is 0 Å². The smallest absolute Gasteiger partial charge is 0.221 e. The zero-order chi connectivity index (χ0) is 16.4. The molecule has 0 unspecified atom stereocenters. The Bertz CT molecular complexity index is 422. The van der Waals surface area contributed by atoms with Crippen LogP contribution in [0, 0.1) is 0 Å². The lowest BCUT2D eigenvalue weighted by atomic mass is 10.3. The summed E-state index contributed by atoms with van der Waals surface area (Å²) in [6.45, 7) is 7.43. The quantitative estimate of drug-likeness (QED) is 0.602. The molecule has 1 aliphatic rings. The van der Waals surface area contributed by atoms with Gasteiger partial charge in [-0.05, 0) is 6.42 Å². The van der Waals surface area contributed by atoms with Gasteiger partial charge in [0.05, 0.1) is 19.5 Å². The fraction of sp³-hybridized carbons (Fsp3) is 0.929. The van der Waals surface area contributed by atoms with Crippen molar-refractivity contribution in [2.24, 2.45) is 0 Å². The SMILES string of the molecule is CCCCN(CCC(=O)NCCN1CCOCC1)S(C)(=O)=O. The summed E-state index contributed by atoms with van der Waals surface area (Å²) in [6.07, 6.45) is 3.14. The van der Waals surface area contributed by atoms with E-state index in [-0.39, 0.29) is 18.9 Å². The van der Waals surface area contributed by atoms with E-state index in [9.17, 15) is 13.2 Å². The van der Waals surface area contributed by atoms with Crippen LogP contribution in [0.4, 0.5) is 0 Å². The average molecular weight is 335 g/mol. The summed E-state index contributed by atoms with van der Waals surface area (Å²) < 4.78 is 29.9. The number of carbonyl (C=O) groups is 1. The Morgan fingerprint density at radius 2 is 1.95 bits per heavy atom. The predicted molar refractivity (Wildman–Crippen MR) is 86.2 cm³/mol. The lowest BCUT2D eigenvalue weighted by Gasteiger charge is -2.26. The van der Waals surface area contributed by atoms with Crippen LogP contribution in [0.15, 0.2) is 0 Å². The molecule has 0 bridgehead atoms. The van der Waals surface area contributed by atoms with Crippen molar-refractivity contribution < 1.29 is 17.9 Å². The molecule has 8 heteroatoms. The first kappa shape index (κ1) is 19.3. The highest BCUT2D eigenvalue weighted by molar-refractivity contribution is 7.88. The van der Waals surface area contributed by atoms with Crippen LogP contribution in [0.3, 0.4) is 0 Å². The highest BCUT2D eigenvalue weighted by Gasteiger charge is 2.17. The topological polar surface area (TPSA) is 79.0 Å². The first-order valence-corrected chi connectivity index (χ1v) is 9.80. The van der Waals surface area contributed by atoms with Crippen LogP contribution in [0.1, 0.15) is 26.2 Å². The Labute approximate surface area is 134 Å². The second kappa shape index (κ2) is 10.1. The number of hydrogen-bond donors (Lipinski definition) is 1. The van der Waals surface area contributed by atoms with Gasteiger partial charge in [0, 0.05) is 45.7 Å². The van der Waals surface area contributed by atoms with Crippen molar-refractivity contribution in [2.45, 2.75) is 26.2 Å². The second-order valence-electron chi connectivity index (χ2n) is 5.57. The second-order valence-corrected chi connectivity index (χ2v) is 7.55. The number of sulfonamides is 1. The molecule has 0 aromatic carbocycles. The molecule has 1 amide bonds. The van der Waals surface area contributed by atoms with Gasteiger partial charge in [-0.15, -0.1) is 0 Å². The summed E-state index contributed by atoms with van der Waals surface area (Å²) in [5.74, 6) is -0.0987. The van der Waals surface area contributed by atoms with Crippen LogP contribution < -0.4 is 5.32 Å². The molecule has 0 atom stereocenters. The van der Waals surface area contributed by atoms with Gasteiger partial charge in [-0.1, -0.05) is 13.3 Å². The maximum Gasteiger partial charge on any atom is 0.221 e. The Morgan fingerprint density at radius 1 is 1.27 bits per heavy atom. The number of carbonyl (C=O) groups excluding carboxylic acids is 1. The molecule has 0 radical (unpaired) electrons. The molecular weight excluding hydrogens is 306 g/mol. The third-order valence-electron chi connectivity index (χ3n) is 3.67. The Morgan fingerprint density at radius 3 is 2.55 bits per heavy atom. The third-order valence-corrected chi connectivity index (χ3v) is 4.98. The standard InChI is InChI=1S/C14H29N3O4S/c1-3-4-7-17(22(2,19)20)8-5-14(18)15-6-9-16-10-12-21-13-11-16/h3-13H2,1-2H3,(H,15,18). The summed E-state index contributed by atoms with van der Waals surface area (Å²) >= 11 is 0. The van der Waals surface area contributed by atoms with E-state index in [1.807, 2.05) is 6.92 Å². The van der Waals surface area contributed by atoms with Gasteiger partial charge in [0.2, 0.25) is 15.9 Å². The van der Waals surface area contributed by atoms with Crippen molar-refractivity contribution in [1.29, 1.82) is 0 Å². The Kier molecular flexibility index (Phi) is 8.92. The first-order chi connectivity index (χ1) is 10.4. The van der Waals surface area contributed by atoms with Crippen LogP contribution in [-0.4, -0.2) is 82.3 Å². The van der Waals surface area contributed by atoms with Gasteiger partial charge in [0.25, 0.3) is 0 Å². The van der Waals surface area contributed by atoms with Crippen LogP contribution in [-0.2, 0) is 19.6 Å². The van der Waals surface area contributed by atoms with Crippen LogP contribution in [0.25, 0.3) is 0 Å². The Balaban J connectivity index is 2.22. The number of rotatable bonds is 10. The molecule has 7 nitrogen and oxygen atoms in total. The molecule has 0 aliphatic carbocycles. The van der Waals surface area contributed by atoms with Gasteiger partial charge in [-0.25, -0.2) is 12.7 Å². The molecule has 1 aliphatic heterocycles.